The Morgan fingerprint density at radius 2 is 1.56 bits per heavy atom. The first kappa shape index (κ1) is 28.5. The summed E-state index contributed by atoms with van der Waals surface area (Å²) in [5.41, 5.74) is 2.56. The topological polar surface area (TPSA) is 82.3 Å². The van der Waals surface area contributed by atoms with Crippen molar-refractivity contribution in [3.8, 4) is 0 Å². The molecule has 4 aromatic rings. The number of amides is 2. The van der Waals surface area contributed by atoms with E-state index in [-0.39, 0.29) is 23.8 Å². The van der Waals surface area contributed by atoms with Gasteiger partial charge in [0.1, 0.15) is 0 Å². The Labute approximate surface area is 242 Å². The van der Waals surface area contributed by atoms with Gasteiger partial charge in [-0.15, -0.1) is 0 Å². The molecular formula is C35H40N4O2. The van der Waals surface area contributed by atoms with Crippen LogP contribution in [0.4, 0.5) is 0 Å². The van der Waals surface area contributed by atoms with Crippen LogP contribution in [0.2, 0.25) is 0 Å². The van der Waals surface area contributed by atoms with E-state index in [0.29, 0.717) is 31.5 Å². The molecule has 4 N–H and O–H groups in total. The molecule has 6 nitrogen and oxygen atoms in total. The van der Waals surface area contributed by atoms with Crippen molar-refractivity contribution in [2.45, 2.75) is 43.2 Å². The maximum atomic E-state index is 13.5. The summed E-state index contributed by atoms with van der Waals surface area (Å²) in [5.74, 6) is 0.0107. The van der Waals surface area contributed by atoms with Gasteiger partial charge in [0.2, 0.25) is 5.91 Å². The Balaban J connectivity index is 1.46. The lowest BCUT2D eigenvalue weighted by molar-refractivity contribution is -0.123. The summed E-state index contributed by atoms with van der Waals surface area (Å²) in [7, 11) is 1.93. The third kappa shape index (κ3) is 7.20. The lowest BCUT2D eigenvalue weighted by Crippen LogP contribution is -2.58. The molecule has 0 saturated carbocycles. The van der Waals surface area contributed by atoms with Gasteiger partial charge in [-0.05, 0) is 73.3 Å². The number of carbonyl (C=O) groups is 2. The molecular weight excluding hydrogens is 508 g/mol. The summed E-state index contributed by atoms with van der Waals surface area (Å²) < 4.78 is 0. The van der Waals surface area contributed by atoms with Gasteiger partial charge in [-0.2, -0.15) is 0 Å². The monoisotopic (exact) mass is 548 g/mol. The van der Waals surface area contributed by atoms with Gasteiger partial charge >= 0.3 is 0 Å². The number of hydrogen-bond acceptors (Lipinski definition) is 4. The maximum Gasteiger partial charge on any atom is 0.251 e. The molecule has 1 heterocycles. The van der Waals surface area contributed by atoms with E-state index in [9.17, 15) is 9.59 Å². The van der Waals surface area contributed by atoms with E-state index in [4.69, 9.17) is 0 Å². The Hall–Kier alpha value is -4.00. The van der Waals surface area contributed by atoms with Crippen LogP contribution in [-0.4, -0.2) is 50.1 Å². The van der Waals surface area contributed by atoms with Crippen LogP contribution in [0.15, 0.2) is 103 Å². The minimum Gasteiger partial charge on any atom is -0.355 e. The number of carbonyl (C=O) groups excluding carboxylic acids is 2. The highest BCUT2D eigenvalue weighted by molar-refractivity contribution is 5.98. The van der Waals surface area contributed by atoms with Crippen LogP contribution in [0, 0.1) is 0 Å². The molecule has 41 heavy (non-hydrogen) atoms. The second-order valence-electron chi connectivity index (χ2n) is 11.1. The van der Waals surface area contributed by atoms with Gasteiger partial charge in [0.25, 0.3) is 5.91 Å². The SMILES string of the molecule is CNCCC[C@@H]1N[C@@](CNC(=O)c2ccc3ccccc3c2)(CC(c2ccccc2)c2ccccc2)CCNC1=O. The van der Waals surface area contributed by atoms with E-state index >= 15 is 0 Å². The number of benzene rings is 4. The van der Waals surface area contributed by atoms with Crippen molar-refractivity contribution in [1.82, 2.24) is 21.3 Å². The molecule has 0 aromatic heterocycles. The third-order valence-electron chi connectivity index (χ3n) is 8.22. The average Bonchev–Trinajstić information content (AvgIpc) is 3.17. The molecule has 212 valence electrons. The fourth-order valence-corrected chi connectivity index (χ4v) is 5.99. The number of fused-ring (bicyclic) bond motifs is 1. The largest absolute Gasteiger partial charge is 0.355 e. The van der Waals surface area contributed by atoms with Crippen LogP contribution < -0.4 is 21.3 Å². The fraction of sp³-hybridized carbons (Fsp3) is 0.314. The normalized spacial score (nSPS) is 19.1. The van der Waals surface area contributed by atoms with E-state index in [1.807, 2.05) is 61.6 Å². The van der Waals surface area contributed by atoms with Crippen LogP contribution in [0.25, 0.3) is 10.8 Å². The summed E-state index contributed by atoms with van der Waals surface area (Å²) in [5, 5.41) is 15.5. The van der Waals surface area contributed by atoms with Crippen LogP contribution >= 0.6 is 0 Å². The Morgan fingerprint density at radius 1 is 0.902 bits per heavy atom. The van der Waals surface area contributed by atoms with Crippen LogP contribution in [0.1, 0.15) is 53.1 Å². The molecule has 2 amide bonds. The van der Waals surface area contributed by atoms with E-state index in [1.54, 1.807) is 0 Å². The first-order valence-electron chi connectivity index (χ1n) is 14.6. The average molecular weight is 549 g/mol. The molecule has 4 aromatic carbocycles. The molecule has 6 heteroatoms. The smallest absolute Gasteiger partial charge is 0.251 e. The zero-order chi connectivity index (χ0) is 28.5. The zero-order valence-electron chi connectivity index (χ0n) is 23.7. The molecule has 0 bridgehead atoms. The minimum atomic E-state index is -0.508. The first-order chi connectivity index (χ1) is 20.1. The molecule has 0 aliphatic carbocycles. The number of nitrogens with one attached hydrogen (secondary N) is 4. The quantitative estimate of drug-likeness (QED) is 0.199. The summed E-state index contributed by atoms with van der Waals surface area (Å²) in [4.78, 5) is 26.6. The zero-order valence-corrected chi connectivity index (χ0v) is 23.7. The van der Waals surface area contributed by atoms with Crippen LogP contribution in [0.3, 0.4) is 0 Å². The number of rotatable bonds is 11. The second-order valence-corrected chi connectivity index (χ2v) is 11.1. The second kappa shape index (κ2) is 13.6. The van der Waals surface area contributed by atoms with E-state index in [1.165, 1.54) is 11.1 Å². The summed E-state index contributed by atoms with van der Waals surface area (Å²) in [6.07, 6.45) is 3.03. The van der Waals surface area contributed by atoms with Gasteiger partial charge in [-0.3, -0.25) is 14.9 Å². The van der Waals surface area contributed by atoms with E-state index in [2.05, 4.69) is 69.8 Å². The Kier molecular flexibility index (Phi) is 9.44. The van der Waals surface area contributed by atoms with E-state index in [0.717, 1.165) is 30.2 Å². The van der Waals surface area contributed by atoms with Crippen molar-refractivity contribution in [2.75, 3.05) is 26.7 Å². The van der Waals surface area contributed by atoms with Crippen molar-refractivity contribution in [1.29, 1.82) is 0 Å². The summed E-state index contributed by atoms with van der Waals surface area (Å²) in [6.45, 7) is 1.80. The van der Waals surface area contributed by atoms with Crippen molar-refractivity contribution >= 4 is 22.6 Å². The summed E-state index contributed by atoms with van der Waals surface area (Å²) in [6, 6.07) is 34.6. The lowest BCUT2D eigenvalue weighted by atomic mass is 9.77. The first-order valence-corrected chi connectivity index (χ1v) is 14.6. The van der Waals surface area contributed by atoms with Gasteiger partial charge in [0.05, 0.1) is 6.04 Å². The van der Waals surface area contributed by atoms with Gasteiger partial charge in [-0.25, -0.2) is 0 Å². The van der Waals surface area contributed by atoms with E-state index < -0.39 is 5.54 Å². The Morgan fingerprint density at radius 3 is 2.24 bits per heavy atom. The van der Waals surface area contributed by atoms with Crippen LogP contribution in [-0.2, 0) is 4.79 Å². The van der Waals surface area contributed by atoms with Gasteiger partial charge in [-0.1, -0.05) is 91.0 Å². The predicted octanol–water partition coefficient (Wildman–Crippen LogP) is 5.01. The van der Waals surface area contributed by atoms with Crippen LogP contribution in [0.5, 0.6) is 0 Å². The summed E-state index contributed by atoms with van der Waals surface area (Å²) >= 11 is 0. The highest BCUT2D eigenvalue weighted by Gasteiger charge is 2.40. The highest BCUT2D eigenvalue weighted by atomic mass is 16.2. The predicted molar refractivity (Wildman–Crippen MR) is 166 cm³/mol. The van der Waals surface area contributed by atoms with Crippen molar-refractivity contribution < 1.29 is 9.59 Å². The molecule has 5 rings (SSSR count). The Bertz CT molecular complexity index is 1400. The fourth-order valence-electron chi connectivity index (χ4n) is 5.99. The molecule has 1 aliphatic rings. The van der Waals surface area contributed by atoms with Gasteiger partial charge in [0, 0.05) is 30.1 Å². The van der Waals surface area contributed by atoms with Gasteiger partial charge < -0.3 is 16.0 Å². The standard InChI is InChI=1S/C35H40N4O2/c1-36-21-10-17-32-34(41)37-22-20-35(39-32,24-31(27-12-4-2-5-13-27)28-14-6-3-7-15-28)25-38-33(40)30-19-18-26-11-8-9-16-29(26)23-30/h2-9,11-16,18-19,23,31-32,36,39H,10,17,20-22,24-25H2,1H3,(H,37,41)(H,38,40)/t32-,35+/m0/s1. The molecule has 1 saturated heterocycles. The van der Waals surface area contributed by atoms with Crippen molar-refractivity contribution in [3.63, 3.8) is 0 Å². The molecule has 1 aliphatic heterocycles. The van der Waals surface area contributed by atoms with Crippen molar-refractivity contribution in [3.05, 3.63) is 120 Å². The third-order valence-corrected chi connectivity index (χ3v) is 8.22. The van der Waals surface area contributed by atoms with Crippen molar-refractivity contribution in [2.24, 2.45) is 0 Å². The molecule has 2 atom stereocenters. The maximum absolute atomic E-state index is 13.5. The number of hydrogen-bond donors (Lipinski definition) is 4. The minimum absolute atomic E-state index is 0.0276. The molecule has 1 fully saturated rings. The highest BCUT2D eigenvalue weighted by Crippen LogP contribution is 2.35. The van der Waals surface area contributed by atoms with Gasteiger partial charge in [0.15, 0.2) is 0 Å². The molecule has 0 spiro atoms. The lowest BCUT2D eigenvalue weighted by Gasteiger charge is -2.39. The molecule has 0 unspecified atom stereocenters. The molecule has 0 radical (unpaired) electrons.